The number of nitrogens with one attached hydrogen (secondary N) is 2. The molecule has 0 aliphatic heterocycles. The monoisotopic (exact) mass is 214 g/mol. The molecule has 2 nitrogen and oxygen atoms in total. The van der Waals surface area contributed by atoms with E-state index in [0.717, 1.165) is 23.8 Å². The maximum absolute atomic E-state index is 5.09. The Labute approximate surface area is 93.2 Å². The molecule has 82 valence electrons. The van der Waals surface area contributed by atoms with Crippen molar-refractivity contribution in [2.45, 2.75) is 39.5 Å². The number of rotatable bonds is 7. The molecule has 0 bridgehead atoms. The molecule has 3 heteroatoms. The second-order valence-electron chi connectivity index (χ2n) is 3.63. The summed E-state index contributed by atoms with van der Waals surface area (Å²) in [5.74, 6) is 0. The Kier molecular flexibility index (Phi) is 8.64. The van der Waals surface area contributed by atoms with Crippen LogP contribution in [0.3, 0.4) is 0 Å². The number of unbranched alkanes of at least 4 members (excludes halogenated alkanes) is 3. The highest BCUT2D eigenvalue weighted by molar-refractivity contribution is 7.80. The van der Waals surface area contributed by atoms with Crippen molar-refractivity contribution in [3.8, 4) is 0 Å². The first kappa shape index (κ1) is 13.4. The van der Waals surface area contributed by atoms with Crippen molar-refractivity contribution in [2.24, 2.45) is 0 Å². The van der Waals surface area contributed by atoms with Crippen LogP contribution in [-0.2, 0) is 0 Å². The zero-order chi connectivity index (χ0) is 10.8. The molecule has 0 aromatic carbocycles. The lowest BCUT2D eigenvalue weighted by molar-refractivity contribution is 0.651. The van der Waals surface area contributed by atoms with Gasteiger partial charge in [0.05, 0.1) is 0 Å². The van der Waals surface area contributed by atoms with E-state index >= 15 is 0 Å². The standard InChI is InChI=1S/C11H22N2S/c1-4-5-6-7-8-12-11(14)13-9-10(2)3/h2,4-9H2,1,3H3,(H2,12,13,14). The minimum absolute atomic E-state index is 0.740. The predicted octanol–water partition coefficient (Wildman–Crippen LogP) is 2.61. The molecule has 0 fully saturated rings. The third-order valence-corrected chi connectivity index (χ3v) is 2.16. The van der Waals surface area contributed by atoms with Gasteiger partial charge in [0.25, 0.3) is 0 Å². The Bertz CT molecular complexity index is 178. The van der Waals surface area contributed by atoms with Gasteiger partial charge in [0.2, 0.25) is 0 Å². The normalized spacial score (nSPS) is 9.57. The van der Waals surface area contributed by atoms with Crippen LogP contribution in [0.4, 0.5) is 0 Å². The van der Waals surface area contributed by atoms with Gasteiger partial charge in [0.15, 0.2) is 5.11 Å². The summed E-state index contributed by atoms with van der Waals surface area (Å²) in [5, 5.41) is 7.01. The zero-order valence-electron chi connectivity index (χ0n) is 9.36. The fourth-order valence-electron chi connectivity index (χ4n) is 1.05. The number of thiocarbonyl (C=S) groups is 1. The molecule has 0 amide bonds. The lowest BCUT2D eigenvalue weighted by Gasteiger charge is -2.09. The van der Waals surface area contributed by atoms with Gasteiger partial charge in [-0.3, -0.25) is 0 Å². The first-order valence-corrected chi connectivity index (χ1v) is 5.73. The molecular formula is C11H22N2S. The summed E-state index contributed by atoms with van der Waals surface area (Å²) in [5.41, 5.74) is 1.10. The Morgan fingerprint density at radius 2 is 1.93 bits per heavy atom. The summed E-state index contributed by atoms with van der Waals surface area (Å²) in [6.45, 7) is 9.73. The highest BCUT2D eigenvalue weighted by atomic mass is 32.1. The van der Waals surface area contributed by atoms with Crippen molar-refractivity contribution in [3.63, 3.8) is 0 Å². The van der Waals surface area contributed by atoms with Gasteiger partial charge in [-0.15, -0.1) is 0 Å². The van der Waals surface area contributed by atoms with Crippen LogP contribution in [0, 0.1) is 0 Å². The predicted molar refractivity (Wildman–Crippen MR) is 67.6 cm³/mol. The van der Waals surface area contributed by atoms with Crippen LogP contribution in [0.5, 0.6) is 0 Å². The summed E-state index contributed by atoms with van der Waals surface area (Å²) >= 11 is 5.09. The van der Waals surface area contributed by atoms with Gasteiger partial charge in [-0.25, -0.2) is 0 Å². The second-order valence-corrected chi connectivity index (χ2v) is 4.04. The van der Waals surface area contributed by atoms with E-state index in [2.05, 4.69) is 24.1 Å². The van der Waals surface area contributed by atoms with Gasteiger partial charge in [-0.2, -0.15) is 0 Å². The average molecular weight is 214 g/mol. The molecule has 0 spiro atoms. The van der Waals surface area contributed by atoms with Crippen LogP contribution >= 0.6 is 12.2 Å². The zero-order valence-corrected chi connectivity index (χ0v) is 10.2. The molecule has 2 N–H and O–H groups in total. The summed E-state index contributed by atoms with van der Waals surface area (Å²) in [4.78, 5) is 0. The summed E-state index contributed by atoms with van der Waals surface area (Å²) in [7, 11) is 0. The summed E-state index contributed by atoms with van der Waals surface area (Å²) in [6, 6.07) is 0. The Morgan fingerprint density at radius 3 is 2.50 bits per heavy atom. The highest BCUT2D eigenvalue weighted by Gasteiger charge is 1.93. The van der Waals surface area contributed by atoms with Crippen LogP contribution in [0.15, 0.2) is 12.2 Å². The van der Waals surface area contributed by atoms with E-state index in [9.17, 15) is 0 Å². The van der Waals surface area contributed by atoms with Crippen molar-refractivity contribution >= 4 is 17.3 Å². The van der Waals surface area contributed by atoms with E-state index in [0.29, 0.717) is 0 Å². The van der Waals surface area contributed by atoms with E-state index < -0.39 is 0 Å². The van der Waals surface area contributed by atoms with Crippen molar-refractivity contribution in [1.82, 2.24) is 10.6 Å². The topological polar surface area (TPSA) is 24.1 Å². The molecule has 0 aromatic heterocycles. The van der Waals surface area contributed by atoms with Gasteiger partial charge < -0.3 is 10.6 Å². The van der Waals surface area contributed by atoms with E-state index in [1.807, 2.05) is 6.92 Å². The van der Waals surface area contributed by atoms with Gasteiger partial charge >= 0.3 is 0 Å². The van der Waals surface area contributed by atoms with Crippen molar-refractivity contribution < 1.29 is 0 Å². The lowest BCUT2D eigenvalue weighted by atomic mass is 10.2. The molecule has 0 aliphatic carbocycles. The third kappa shape index (κ3) is 9.52. The lowest BCUT2D eigenvalue weighted by Crippen LogP contribution is -2.36. The van der Waals surface area contributed by atoms with Crippen LogP contribution in [0.2, 0.25) is 0 Å². The molecule has 0 heterocycles. The van der Waals surface area contributed by atoms with Gasteiger partial charge in [-0.1, -0.05) is 38.3 Å². The minimum Gasteiger partial charge on any atom is -0.363 e. The van der Waals surface area contributed by atoms with Crippen molar-refractivity contribution in [1.29, 1.82) is 0 Å². The molecule has 0 saturated heterocycles. The van der Waals surface area contributed by atoms with E-state index in [4.69, 9.17) is 12.2 Å². The Hall–Kier alpha value is -0.570. The molecule has 0 radical (unpaired) electrons. The molecule has 0 aromatic rings. The maximum Gasteiger partial charge on any atom is 0.166 e. The first-order valence-electron chi connectivity index (χ1n) is 5.33. The fourth-order valence-corrected chi connectivity index (χ4v) is 1.22. The molecule has 0 saturated carbocycles. The summed E-state index contributed by atoms with van der Waals surface area (Å²) in [6.07, 6.45) is 5.07. The van der Waals surface area contributed by atoms with E-state index in [-0.39, 0.29) is 0 Å². The second kappa shape index (κ2) is 9.00. The Balaban J connectivity index is 3.22. The van der Waals surface area contributed by atoms with Crippen molar-refractivity contribution in [2.75, 3.05) is 13.1 Å². The largest absolute Gasteiger partial charge is 0.363 e. The van der Waals surface area contributed by atoms with Crippen LogP contribution < -0.4 is 10.6 Å². The number of hydrogen-bond donors (Lipinski definition) is 2. The SMILES string of the molecule is C=C(C)CNC(=S)NCCCCCC. The van der Waals surface area contributed by atoms with Crippen LogP contribution in [0.1, 0.15) is 39.5 Å². The molecule has 0 rings (SSSR count). The molecule has 14 heavy (non-hydrogen) atoms. The summed E-state index contributed by atoms with van der Waals surface area (Å²) < 4.78 is 0. The molecule has 0 unspecified atom stereocenters. The average Bonchev–Trinajstić information content (AvgIpc) is 2.14. The fraction of sp³-hybridized carbons (Fsp3) is 0.727. The minimum atomic E-state index is 0.740. The third-order valence-electron chi connectivity index (χ3n) is 1.87. The highest BCUT2D eigenvalue weighted by Crippen LogP contribution is 1.96. The van der Waals surface area contributed by atoms with Gasteiger partial charge in [-0.05, 0) is 25.6 Å². The van der Waals surface area contributed by atoms with Crippen LogP contribution in [-0.4, -0.2) is 18.2 Å². The molecule has 0 atom stereocenters. The molecular weight excluding hydrogens is 192 g/mol. The van der Waals surface area contributed by atoms with E-state index in [1.165, 1.54) is 25.7 Å². The van der Waals surface area contributed by atoms with Crippen molar-refractivity contribution in [3.05, 3.63) is 12.2 Å². The molecule has 0 aliphatic rings. The number of hydrogen-bond acceptors (Lipinski definition) is 1. The first-order chi connectivity index (χ1) is 6.66. The maximum atomic E-state index is 5.09. The van der Waals surface area contributed by atoms with Gasteiger partial charge in [0, 0.05) is 13.1 Å². The van der Waals surface area contributed by atoms with Crippen LogP contribution in [0.25, 0.3) is 0 Å². The van der Waals surface area contributed by atoms with E-state index in [1.54, 1.807) is 0 Å². The Morgan fingerprint density at radius 1 is 1.21 bits per heavy atom. The van der Waals surface area contributed by atoms with Gasteiger partial charge in [0.1, 0.15) is 0 Å². The smallest absolute Gasteiger partial charge is 0.166 e. The quantitative estimate of drug-likeness (QED) is 0.387.